The third-order valence-corrected chi connectivity index (χ3v) is 4.43. The molecule has 0 bridgehead atoms. The van der Waals surface area contributed by atoms with Crippen LogP contribution in [0.1, 0.15) is 44.1 Å². The van der Waals surface area contributed by atoms with Crippen LogP contribution in [0.25, 0.3) is 0 Å². The van der Waals surface area contributed by atoms with Crippen molar-refractivity contribution in [3.63, 3.8) is 0 Å². The largest absolute Gasteiger partial charge is 0.479 e. The number of rotatable bonds is 5. The number of carboxylic acid groups (broad SMARTS) is 1. The van der Waals surface area contributed by atoms with E-state index in [0.29, 0.717) is 19.4 Å². The van der Waals surface area contributed by atoms with E-state index in [1.807, 2.05) is 37.3 Å². The molecule has 108 valence electrons. The van der Waals surface area contributed by atoms with E-state index in [1.54, 1.807) is 0 Å². The summed E-state index contributed by atoms with van der Waals surface area (Å²) in [6, 6.07) is 9.70. The molecule has 1 aliphatic carbocycles. The van der Waals surface area contributed by atoms with Gasteiger partial charge in [-0.15, -0.1) is 0 Å². The Labute approximate surface area is 119 Å². The van der Waals surface area contributed by atoms with Gasteiger partial charge < -0.3 is 10.0 Å². The zero-order chi connectivity index (χ0) is 14.6. The second-order valence-corrected chi connectivity index (χ2v) is 5.33. The lowest BCUT2D eigenvalue weighted by Gasteiger charge is -2.46. The van der Waals surface area contributed by atoms with Crippen LogP contribution in [-0.2, 0) is 9.59 Å². The average molecular weight is 275 g/mol. The lowest BCUT2D eigenvalue weighted by Crippen LogP contribution is -2.59. The lowest BCUT2D eigenvalue weighted by atomic mass is 9.68. The standard InChI is InChI=1S/C16H21NO3/c1-2-17(12-18)16(15(19)20)11-7-6-10-14(16)13-8-4-3-5-9-13/h3-5,8-9,12,14H,2,6-7,10-11H2,1H3,(H,19,20). The summed E-state index contributed by atoms with van der Waals surface area (Å²) in [7, 11) is 0. The quantitative estimate of drug-likeness (QED) is 0.840. The molecule has 0 saturated heterocycles. The molecule has 0 radical (unpaired) electrons. The van der Waals surface area contributed by atoms with Crippen molar-refractivity contribution in [3.8, 4) is 0 Å². The number of hydrogen-bond donors (Lipinski definition) is 1. The number of likely N-dealkylation sites (N-methyl/N-ethyl adjacent to an activating group) is 1. The highest BCUT2D eigenvalue weighted by molar-refractivity contribution is 5.83. The first-order chi connectivity index (χ1) is 9.66. The van der Waals surface area contributed by atoms with Crippen molar-refractivity contribution < 1.29 is 14.7 Å². The normalized spacial score (nSPS) is 25.9. The van der Waals surface area contributed by atoms with Crippen LogP contribution in [0.3, 0.4) is 0 Å². The number of aliphatic carboxylic acids is 1. The summed E-state index contributed by atoms with van der Waals surface area (Å²) in [6.07, 6.45) is 3.87. The molecule has 2 unspecified atom stereocenters. The zero-order valence-corrected chi connectivity index (χ0v) is 11.8. The first kappa shape index (κ1) is 14.6. The Bertz CT molecular complexity index is 474. The van der Waals surface area contributed by atoms with E-state index in [4.69, 9.17) is 0 Å². The van der Waals surface area contributed by atoms with Crippen LogP contribution in [0.4, 0.5) is 0 Å². The second kappa shape index (κ2) is 6.07. The molecule has 1 amide bonds. The number of benzene rings is 1. The Morgan fingerprint density at radius 1 is 1.40 bits per heavy atom. The van der Waals surface area contributed by atoms with Gasteiger partial charge in [0, 0.05) is 12.5 Å². The highest BCUT2D eigenvalue weighted by Crippen LogP contribution is 2.44. The second-order valence-electron chi connectivity index (χ2n) is 5.33. The van der Waals surface area contributed by atoms with Gasteiger partial charge in [0.25, 0.3) is 0 Å². The number of carbonyl (C=O) groups is 2. The van der Waals surface area contributed by atoms with Gasteiger partial charge in [-0.2, -0.15) is 0 Å². The SMILES string of the molecule is CCN(C=O)C1(C(=O)O)CCCCC1c1ccccc1. The van der Waals surface area contributed by atoms with Crippen LogP contribution >= 0.6 is 0 Å². The van der Waals surface area contributed by atoms with Crippen LogP contribution in [0, 0.1) is 0 Å². The Balaban J connectivity index is 2.50. The first-order valence-corrected chi connectivity index (χ1v) is 7.17. The maximum Gasteiger partial charge on any atom is 0.330 e. The van der Waals surface area contributed by atoms with Crippen LogP contribution < -0.4 is 0 Å². The maximum absolute atomic E-state index is 12.0. The Hall–Kier alpha value is -1.84. The molecule has 1 fully saturated rings. The van der Waals surface area contributed by atoms with Crippen LogP contribution in [-0.4, -0.2) is 34.5 Å². The highest BCUT2D eigenvalue weighted by Gasteiger charge is 2.51. The van der Waals surface area contributed by atoms with Crippen LogP contribution in [0.5, 0.6) is 0 Å². The third kappa shape index (κ3) is 2.30. The van der Waals surface area contributed by atoms with E-state index in [1.165, 1.54) is 4.90 Å². The molecule has 1 aliphatic rings. The molecule has 2 atom stereocenters. The molecule has 4 heteroatoms. The van der Waals surface area contributed by atoms with Crippen molar-refractivity contribution in [3.05, 3.63) is 35.9 Å². The van der Waals surface area contributed by atoms with E-state index >= 15 is 0 Å². The van der Waals surface area contributed by atoms with Crippen molar-refractivity contribution in [2.24, 2.45) is 0 Å². The van der Waals surface area contributed by atoms with Gasteiger partial charge in [-0.05, 0) is 25.3 Å². The fourth-order valence-corrected chi connectivity index (χ4v) is 3.46. The van der Waals surface area contributed by atoms with E-state index in [-0.39, 0.29) is 5.92 Å². The summed E-state index contributed by atoms with van der Waals surface area (Å²) < 4.78 is 0. The Kier molecular flexibility index (Phi) is 4.42. The predicted molar refractivity (Wildman–Crippen MR) is 76.5 cm³/mol. The highest BCUT2D eigenvalue weighted by atomic mass is 16.4. The van der Waals surface area contributed by atoms with Gasteiger partial charge in [-0.1, -0.05) is 43.2 Å². The van der Waals surface area contributed by atoms with Crippen LogP contribution in [0.15, 0.2) is 30.3 Å². The van der Waals surface area contributed by atoms with Crippen molar-refractivity contribution in [1.82, 2.24) is 4.90 Å². The molecule has 2 rings (SSSR count). The minimum absolute atomic E-state index is 0.139. The summed E-state index contributed by atoms with van der Waals surface area (Å²) in [6.45, 7) is 2.24. The van der Waals surface area contributed by atoms with E-state index < -0.39 is 11.5 Å². The molecule has 1 aromatic carbocycles. The summed E-state index contributed by atoms with van der Waals surface area (Å²) in [5, 5.41) is 9.85. The maximum atomic E-state index is 12.0. The van der Waals surface area contributed by atoms with E-state index in [2.05, 4.69) is 0 Å². The number of hydrogen-bond acceptors (Lipinski definition) is 2. The Morgan fingerprint density at radius 2 is 2.10 bits per heavy atom. The minimum atomic E-state index is -1.10. The number of amides is 1. The van der Waals surface area contributed by atoms with Gasteiger partial charge in [0.1, 0.15) is 5.54 Å². The fraction of sp³-hybridized carbons (Fsp3) is 0.500. The zero-order valence-electron chi connectivity index (χ0n) is 11.8. The third-order valence-electron chi connectivity index (χ3n) is 4.43. The molecule has 0 aliphatic heterocycles. The monoisotopic (exact) mass is 275 g/mol. The van der Waals surface area contributed by atoms with Crippen molar-refractivity contribution in [1.29, 1.82) is 0 Å². The van der Waals surface area contributed by atoms with Gasteiger partial charge >= 0.3 is 5.97 Å². The lowest BCUT2D eigenvalue weighted by molar-refractivity contribution is -0.159. The Morgan fingerprint density at radius 3 is 2.65 bits per heavy atom. The van der Waals surface area contributed by atoms with Crippen LogP contribution in [0.2, 0.25) is 0 Å². The number of nitrogens with zero attached hydrogens (tertiary/aromatic N) is 1. The van der Waals surface area contributed by atoms with Gasteiger partial charge in [0.15, 0.2) is 0 Å². The molecular weight excluding hydrogens is 254 g/mol. The topological polar surface area (TPSA) is 57.6 Å². The van der Waals surface area contributed by atoms with Gasteiger partial charge in [-0.3, -0.25) is 4.79 Å². The van der Waals surface area contributed by atoms with Crippen molar-refractivity contribution >= 4 is 12.4 Å². The molecule has 1 aromatic rings. The molecule has 0 heterocycles. The predicted octanol–water partition coefficient (Wildman–Crippen LogP) is 2.65. The van der Waals surface area contributed by atoms with Gasteiger partial charge in [0.05, 0.1) is 0 Å². The molecule has 1 N–H and O–H groups in total. The molecule has 0 aromatic heterocycles. The minimum Gasteiger partial charge on any atom is -0.479 e. The van der Waals surface area contributed by atoms with E-state index in [0.717, 1.165) is 24.8 Å². The first-order valence-electron chi connectivity index (χ1n) is 7.17. The molecule has 0 spiro atoms. The summed E-state index contributed by atoms with van der Waals surface area (Å²) in [5.74, 6) is -1.03. The van der Waals surface area contributed by atoms with Crippen molar-refractivity contribution in [2.45, 2.75) is 44.1 Å². The number of carbonyl (C=O) groups excluding carboxylic acids is 1. The van der Waals surface area contributed by atoms with Gasteiger partial charge in [-0.25, -0.2) is 4.79 Å². The summed E-state index contributed by atoms with van der Waals surface area (Å²) in [5.41, 5.74) is -0.0919. The molecule has 20 heavy (non-hydrogen) atoms. The average Bonchev–Trinajstić information content (AvgIpc) is 2.49. The summed E-state index contributed by atoms with van der Waals surface area (Å²) >= 11 is 0. The van der Waals surface area contributed by atoms with E-state index in [9.17, 15) is 14.7 Å². The number of carboxylic acids is 1. The molecule has 4 nitrogen and oxygen atoms in total. The fourth-order valence-electron chi connectivity index (χ4n) is 3.46. The van der Waals surface area contributed by atoms with Crippen molar-refractivity contribution in [2.75, 3.05) is 6.54 Å². The molecule has 1 saturated carbocycles. The molecular formula is C16H21NO3. The van der Waals surface area contributed by atoms with Gasteiger partial charge in [0.2, 0.25) is 6.41 Å². The summed E-state index contributed by atoms with van der Waals surface area (Å²) in [4.78, 5) is 24.9. The smallest absolute Gasteiger partial charge is 0.330 e.